The summed E-state index contributed by atoms with van der Waals surface area (Å²) in [5.74, 6) is -0.0614. The molecule has 6 aromatic carbocycles. The Labute approximate surface area is 255 Å². The predicted molar refractivity (Wildman–Crippen MR) is 179 cm³/mol. The van der Waals surface area contributed by atoms with Crippen molar-refractivity contribution in [1.82, 2.24) is 0 Å². The zero-order chi connectivity index (χ0) is 29.6. The summed E-state index contributed by atoms with van der Waals surface area (Å²) in [6.07, 6.45) is 1.15. The van der Waals surface area contributed by atoms with Crippen LogP contribution in [0.2, 0.25) is 0 Å². The Morgan fingerprint density at radius 2 is 1.05 bits per heavy atom. The molecule has 2 atom stereocenters. The third-order valence-corrected chi connectivity index (χ3v) is 8.81. The maximum Gasteiger partial charge on any atom is 0.247 e. The van der Waals surface area contributed by atoms with Crippen LogP contribution in [0.1, 0.15) is 11.1 Å². The fourth-order valence-corrected chi connectivity index (χ4v) is 6.61. The van der Waals surface area contributed by atoms with Crippen LogP contribution in [-0.2, 0) is 22.4 Å². The Morgan fingerprint density at radius 3 is 1.86 bits per heavy atom. The first-order chi connectivity index (χ1) is 21.6. The second-order valence-electron chi connectivity index (χ2n) is 11.5. The summed E-state index contributed by atoms with van der Waals surface area (Å²) in [5.41, 5.74) is 7.84. The van der Waals surface area contributed by atoms with E-state index < -0.39 is 0 Å². The molecule has 2 aliphatic rings. The predicted octanol–water partition coefficient (Wildman–Crippen LogP) is 7.61. The maximum absolute atomic E-state index is 13.1. The number of anilines is 4. The van der Waals surface area contributed by atoms with Gasteiger partial charge in [0, 0.05) is 12.8 Å². The van der Waals surface area contributed by atoms with E-state index in [1.807, 2.05) is 42.5 Å². The lowest BCUT2D eigenvalue weighted by Gasteiger charge is -2.28. The van der Waals surface area contributed by atoms with Gasteiger partial charge in [0.25, 0.3) is 0 Å². The lowest BCUT2D eigenvalue weighted by Crippen LogP contribution is -2.40. The molecule has 214 valence electrons. The van der Waals surface area contributed by atoms with Gasteiger partial charge in [0.05, 0.1) is 22.7 Å². The van der Waals surface area contributed by atoms with Crippen molar-refractivity contribution in [2.75, 3.05) is 21.3 Å². The molecule has 44 heavy (non-hydrogen) atoms. The number of rotatable bonds is 5. The zero-order valence-electron chi connectivity index (χ0n) is 23.9. The summed E-state index contributed by atoms with van der Waals surface area (Å²) in [7, 11) is 0. The standard InChI is InChI=1S/C38H30N4O2/c43-37-35(39-31-16-3-4-17-32(31)41-37)22-25-11-6-15-30-28(25)13-7-14-29(30)26-18-19-33-34(20-26)40-36(38(44)42-33)21-24-10-5-9-23-8-1-2-12-27(23)24/h1-20,35-36,39-40H,21-22H2,(H,41,43)(H,42,44). The van der Waals surface area contributed by atoms with Crippen LogP contribution in [0.5, 0.6) is 0 Å². The van der Waals surface area contributed by atoms with Crippen molar-refractivity contribution in [3.05, 3.63) is 132 Å². The summed E-state index contributed by atoms with van der Waals surface area (Å²) in [4.78, 5) is 26.1. The summed E-state index contributed by atoms with van der Waals surface area (Å²) in [5, 5.41) is 17.7. The zero-order valence-corrected chi connectivity index (χ0v) is 23.9. The summed E-state index contributed by atoms with van der Waals surface area (Å²) >= 11 is 0. The first-order valence-electron chi connectivity index (χ1n) is 15.0. The van der Waals surface area contributed by atoms with Crippen molar-refractivity contribution >= 4 is 56.1 Å². The Bertz CT molecular complexity index is 2100. The first-order valence-corrected chi connectivity index (χ1v) is 15.0. The van der Waals surface area contributed by atoms with Gasteiger partial charge in [-0.1, -0.05) is 97.1 Å². The first kappa shape index (κ1) is 26.0. The quantitative estimate of drug-likeness (QED) is 0.171. The summed E-state index contributed by atoms with van der Waals surface area (Å²) < 4.78 is 0. The van der Waals surface area contributed by atoms with E-state index >= 15 is 0 Å². The summed E-state index contributed by atoms with van der Waals surface area (Å²) in [6, 6.07) is 40.3. The van der Waals surface area contributed by atoms with Crippen molar-refractivity contribution in [3.63, 3.8) is 0 Å². The number of benzene rings is 6. The van der Waals surface area contributed by atoms with Crippen LogP contribution < -0.4 is 21.3 Å². The van der Waals surface area contributed by atoms with Crippen molar-refractivity contribution in [3.8, 4) is 11.1 Å². The van der Waals surface area contributed by atoms with Crippen LogP contribution in [0, 0.1) is 0 Å². The van der Waals surface area contributed by atoms with Gasteiger partial charge in [0.2, 0.25) is 11.8 Å². The van der Waals surface area contributed by atoms with Gasteiger partial charge >= 0.3 is 0 Å². The minimum absolute atomic E-state index is 0.0299. The van der Waals surface area contributed by atoms with E-state index in [2.05, 4.69) is 100 Å². The number of para-hydroxylation sites is 2. The van der Waals surface area contributed by atoms with Gasteiger partial charge in [-0.3, -0.25) is 9.59 Å². The number of fused-ring (bicyclic) bond motifs is 4. The van der Waals surface area contributed by atoms with Gasteiger partial charge in [-0.15, -0.1) is 0 Å². The van der Waals surface area contributed by atoms with E-state index in [4.69, 9.17) is 0 Å². The highest BCUT2D eigenvalue weighted by Crippen LogP contribution is 2.37. The van der Waals surface area contributed by atoms with Crippen molar-refractivity contribution < 1.29 is 9.59 Å². The number of hydrogen-bond acceptors (Lipinski definition) is 4. The number of nitrogens with one attached hydrogen (secondary N) is 4. The number of carbonyl (C=O) groups excluding carboxylic acids is 2. The van der Waals surface area contributed by atoms with Gasteiger partial charge in [-0.2, -0.15) is 0 Å². The van der Waals surface area contributed by atoms with E-state index in [1.54, 1.807) is 0 Å². The van der Waals surface area contributed by atoms with E-state index in [0.29, 0.717) is 12.8 Å². The molecular formula is C38H30N4O2. The lowest BCUT2D eigenvalue weighted by molar-refractivity contribution is -0.117. The fourth-order valence-electron chi connectivity index (χ4n) is 6.61. The van der Waals surface area contributed by atoms with Gasteiger partial charge in [-0.25, -0.2) is 0 Å². The molecule has 6 nitrogen and oxygen atoms in total. The van der Waals surface area contributed by atoms with E-state index in [-0.39, 0.29) is 23.9 Å². The molecule has 0 saturated heterocycles. The van der Waals surface area contributed by atoms with Crippen molar-refractivity contribution in [2.24, 2.45) is 0 Å². The Balaban J connectivity index is 1.09. The number of carbonyl (C=O) groups is 2. The Hall–Kier alpha value is -5.62. The molecule has 0 bridgehead atoms. The average Bonchev–Trinajstić information content (AvgIpc) is 3.05. The van der Waals surface area contributed by atoms with Gasteiger partial charge < -0.3 is 21.3 Å². The lowest BCUT2D eigenvalue weighted by atomic mass is 9.92. The average molecular weight is 575 g/mol. The Morgan fingerprint density at radius 1 is 0.477 bits per heavy atom. The van der Waals surface area contributed by atoms with Crippen LogP contribution in [0.15, 0.2) is 121 Å². The molecule has 4 N–H and O–H groups in total. The molecule has 8 rings (SSSR count). The fraction of sp³-hybridized carbons (Fsp3) is 0.105. The minimum atomic E-state index is -0.387. The van der Waals surface area contributed by atoms with Gasteiger partial charge in [0.1, 0.15) is 12.1 Å². The minimum Gasteiger partial charge on any atom is -0.372 e. The monoisotopic (exact) mass is 574 g/mol. The topological polar surface area (TPSA) is 82.3 Å². The van der Waals surface area contributed by atoms with Crippen LogP contribution in [0.3, 0.4) is 0 Å². The molecule has 0 aromatic heterocycles. The van der Waals surface area contributed by atoms with E-state index in [1.165, 1.54) is 10.8 Å². The van der Waals surface area contributed by atoms with Crippen LogP contribution in [-0.4, -0.2) is 23.9 Å². The number of amides is 2. The second-order valence-corrected chi connectivity index (χ2v) is 11.5. The van der Waals surface area contributed by atoms with Crippen LogP contribution in [0.25, 0.3) is 32.7 Å². The SMILES string of the molecule is O=C1Nc2ccc(-c3cccc4c(CC5Nc6ccccc6NC5=O)cccc34)cc2NC1Cc1cccc2ccccc12. The van der Waals surface area contributed by atoms with Crippen LogP contribution >= 0.6 is 0 Å². The molecule has 0 aliphatic carbocycles. The van der Waals surface area contributed by atoms with E-state index in [9.17, 15) is 9.59 Å². The Kier molecular flexibility index (Phi) is 6.26. The third-order valence-electron chi connectivity index (χ3n) is 8.81. The maximum atomic E-state index is 13.1. The smallest absolute Gasteiger partial charge is 0.247 e. The van der Waals surface area contributed by atoms with E-state index in [0.717, 1.165) is 55.8 Å². The van der Waals surface area contributed by atoms with Crippen LogP contribution in [0.4, 0.5) is 22.7 Å². The van der Waals surface area contributed by atoms with Gasteiger partial charge in [-0.05, 0) is 68.1 Å². The van der Waals surface area contributed by atoms with Crippen molar-refractivity contribution in [2.45, 2.75) is 24.9 Å². The second kappa shape index (κ2) is 10.6. The molecule has 2 heterocycles. The normalized spacial score (nSPS) is 17.2. The number of hydrogen-bond donors (Lipinski definition) is 4. The molecule has 6 aromatic rings. The molecule has 0 radical (unpaired) electrons. The molecule has 0 fully saturated rings. The third kappa shape index (κ3) is 4.61. The largest absolute Gasteiger partial charge is 0.372 e. The molecule has 6 heteroatoms. The molecule has 0 spiro atoms. The highest BCUT2D eigenvalue weighted by atomic mass is 16.2. The highest BCUT2D eigenvalue weighted by molar-refractivity contribution is 6.06. The molecular weight excluding hydrogens is 544 g/mol. The highest BCUT2D eigenvalue weighted by Gasteiger charge is 2.28. The van der Waals surface area contributed by atoms with Gasteiger partial charge in [0.15, 0.2) is 0 Å². The van der Waals surface area contributed by atoms with Crippen molar-refractivity contribution in [1.29, 1.82) is 0 Å². The molecule has 0 saturated carbocycles. The summed E-state index contributed by atoms with van der Waals surface area (Å²) in [6.45, 7) is 0. The molecule has 2 unspecified atom stereocenters. The molecule has 2 amide bonds. The molecule has 2 aliphatic heterocycles.